The number of benzene rings is 2. The van der Waals surface area contributed by atoms with Crippen LogP contribution in [0.15, 0.2) is 48.5 Å². The molecular formula is C20H27N. The van der Waals surface area contributed by atoms with Gasteiger partial charge >= 0.3 is 0 Å². The van der Waals surface area contributed by atoms with Gasteiger partial charge in [0.1, 0.15) is 0 Å². The molecule has 2 aromatic carbocycles. The highest BCUT2D eigenvalue weighted by Gasteiger charge is 2.05. The van der Waals surface area contributed by atoms with E-state index in [4.69, 9.17) is 0 Å². The molecule has 0 radical (unpaired) electrons. The van der Waals surface area contributed by atoms with Crippen molar-refractivity contribution in [1.82, 2.24) is 5.32 Å². The average Bonchev–Trinajstić information content (AvgIpc) is 2.54. The van der Waals surface area contributed by atoms with E-state index in [9.17, 15) is 0 Å². The molecule has 2 aromatic rings. The van der Waals surface area contributed by atoms with Crippen LogP contribution in [0.4, 0.5) is 0 Å². The first-order chi connectivity index (χ1) is 10.2. The van der Waals surface area contributed by atoms with Crippen LogP contribution in [0.2, 0.25) is 0 Å². The summed E-state index contributed by atoms with van der Waals surface area (Å²) in [7, 11) is 0. The molecule has 0 heterocycles. The zero-order valence-corrected chi connectivity index (χ0v) is 13.5. The molecular weight excluding hydrogens is 254 g/mol. The van der Waals surface area contributed by atoms with E-state index >= 15 is 0 Å². The second kappa shape index (κ2) is 7.99. The Morgan fingerprint density at radius 3 is 2.38 bits per heavy atom. The maximum absolute atomic E-state index is 3.47. The van der Waals surface area contributed by atoms with Crippen molar-refractivity contribution in [3.63, 3.8) is 0 Å². The normalized spacial score (nSPS) is 12.3. The summed E-state index contributed by atoms with van der Waals surface area (Å²) in [4.78, 5) is 0. The van der Waals surface area contributed by atoms with Crippen molar-refractivity contribution < 1.29 is 0 Å². The quantitative estimate of drug-likeness (QED) is 0.719. The molecule has 1 atom stereocenters. The molecule has 0 saturated heterocycles. The molecule has 1 heteroatoms. The molecule has 21 heavy (non-hydrogen) atoms. The average molecular weight is 281 g/mol. The standard InChI is InChI=1S/C20H27N/c1-4-6-8-17-11-13-18(14-12-17)20-10-7-9-19(15-20)16(3)21-5-2/h7,9-16,21H,4-6,8H2,1-3H3. The van der Waals surface area contributed by atoms with Crippen LogP contribution in [0.25, 0.3) is 11.1 Å². The monoisotopic (exact) mass is 281 g/mol. The molecule has 0 aliphatic carbocycles. The molecule has 0 aliphatic rings. The van der Waals surface area contributed by atoms with Gasteiger partial charge in [-0.1, -0.05) is 62.7 Å². The Hall–Kier alpha value is -1.60. The van der Waals surface area contributed by atoms with E-state index in [2.05, 4.69) is 74.6 Å². The maximum atomic E-state index is 3.47. The second-order valence-electron chi connectivity index (χ2n) is 5.71. The van der Waals surface area contributed by atoms with Crippen LogP contribution in [0, 0.1) is 0 Å². The van der Waals surface area contributed by atoms with Crippen LogP contribution in [-0.4, -0.2) is 6.54 Å². The molecule has 0 aromatic heterocycles. The highest BCUT2D eigenvalue weighted by molar-refractivity contribution is 5.64. The Kier molecular flexibility index (Phi) is 6.01. The van der Waals surface area contributed by atoms with Gasteiger partial charge in [-0.05, 0) is 54.6 Å². The molecule has 1 unspecified atom stereocenters. The SMILES string of the molecule is CCCCc1ccc(-c2cccc(C(C)NCC)c2)cc1. The Bertz CT molecular complexity index is 542. The van der Waals surface area contributed by atoms with Crippen molar-refractivity contribution in [1.29, 1.82) is 0 Å². The maximum Gasteiger partial charge on any atom is 0.0291 e. The van der Waals surface area contributed by atoms with E-state index in [1.54, 1.807) is 0 Å². The van der Waals surface area contributed by atoms with E-state index in [-0.39, 0.29) is 0 Å². The lowest BCUT2D eigenvalue weighted by Crippen LogP contribution is -2.17. The first-order valence-electron chi connectivity index (χ1n) is 8.17. The van der Waals surface area contributed by atoms with E-state index in [0.717, 1.165) is 6.54 Å². The number of nitrogens with one attached hydrogen (secondary N) is 1. The van der Waals surface area contributed by atoms with Gasteiger partial charge in [-0.15, -0.1) is 0 Å². The van der Waals surface area contributed by atoms with E-state index in [0.29, 0.717) is 6.04 Å². The molecule has 0 amide bonds. The summed E-state index contributed by atoms with van der Waals surface area (Å²) in [6, 6.07) is 18.3. The van der Waals surface area contributed by atoms with Gasteiger partial charge in [0.15, 0.2) is 0 Å². The minimum Gasteiger partial charge on any atom is -0.310 e. The van der Waals surface area contributed by atoms with Gasteiger partial charge in [0.05, 0.1) is 0 Å². The fourth-order valence-corrected chi connectivity index (χ4v) is 2.66. The summed E-state index contributed by atoms with van der Waals surface area (Å²) in [6.45, 7) is 7.61. The zero-order chi connectivity index (χ0) is 15.1. The Morgan fingerprint density at radius 1 is 0.952 bits per heavy atom. The second-order valence-corrected chi connectivity index (χ2v) is 5.71. The van der Waals surface area contributed by atoms with Crippen molar-refractivity contribution in [2.45, 2.75) is 46.1 Å². The fourth-order valence-electron chi connectivity index (χ4n) is 2.66. The Labute approximate surface area is 129 Å². The Balaban J connectivity index is 2.16. The van der Waals surface area contributed by atoms with Crippen LogP contribution in [0.5, 0.6) is 0 Å². The van der Waals surface area contributed by atoms with Gasteiger partial charge in [-0.3, -0.25) is 0 Å². The van der Waals surface area contributed by atoms with E-state index in [1.807, 2.05) is 0 Å². The molecule has 0 bridgehead atoms. The number of hydrogen-bond donors (Lipinski definition) is 1. The number of hydrogen-bond acceptors (Lipinski definition) is 1. The van der Waals surface area contributed by atoms with Crippen molar-refractivity contribution in [3.05, 3.63) is 59.7 Å². The summed E-state index contributed by atoms with van der Waals surface area (Å²) in [5.74, 6) is 0. The molecule has 112 valence electrons. The lowest BCUT2D eigenvalue weighted by Gasteiger charge is -2.14. The molecule has 1 N–H and O–H groups in total. The highest BCUT2D eigenvalue weighted by atomic mass is 14.9. The third kappa shape index (κ3) is 4.44. The topological polar surface area (TPSA) is 12.0 Å². The van der Waals surface area contributed by atoms with Gasteiger partial charge in [-0.2, -0.15) is 0 Å². The molecule has 0 fully saturated rings. The molecule has 1 nitrogen and oxygen atoms in total. The van der Waals surface area contributed by atoms with Gasteiger partial charge in [0.2, 0.25) is 0 Å². The summed E-state index contributed by atoms with van der Waals surface area (Å²) >= 11 is 0. The van der Waals surface area contributed by atoms with E-state index in [1.165, 1.54) is 41.5 Å². The van der Waals surface area contributed by atoms with Gasteiger partial charge in [0, 0.05) is 6.04 Å². The molecule has 0 saturated carbocycles. The number of aryl methyl sites for hydroxylation is 1. The highest BCUT2D eigenvalue weighted by Crippen LogP contribution is 2.24. The summed E-state index contributed by atoms with van der Waals surface area (Å²) < 4.78 is 0. The van der Waals surface area contributed by atoms with Crippen molar-refractivity contribution in [3.8, 4) is 11.1 Å². The predicted octanol–water partition coefficient (Wildman–Crippen LogP) is 5.37. The van der Waals surface area contributed by atoms with Crippen LogP contribution < -0.4 is 5.32 Å². The third-order valence-electron chi connectivity index (χ3n) is 4.00. The third-order valence-corrected chi connectivity index (χ3v) is 4.00. The first-order valence-corrected chi connectivity index (χ1v) is 8.17. The van der Waals surface area contributed by atoms with Crippen LogP contribution in [0.1, 0.15) is 50.8 Å². The molecule has 0 aliphatic heterocycles. The fraction of sp³-hybridized carbons (Fsp3) is 0.400. The van der Waals surface area contributed by atoms with Crippen molar-refractivity contribution in [2.75, 3.05) is 6.54 Å². The Morgan fingerprint density at radius 2 is 1.71 bits per heavy atom. The van der Waals surface area contributed by atoms with E-state index < -0.39 is 0 Å². The number of rotatable bonds is 7. The van der Waals surface area contributed by atoms with Gasteiger partial charge in [0.25, 0.3) is 0 Å². The van der Waals surface area contributed by atoms with Gasteiger partial charge < -0.3 is 5.32 Å². The summed E-state index contributed by atoms with van der Waals surface area (Å²) in [6.07, 6.45) is 3.72. The minimum atomic E-state index is 0.402. The minimum absolute atomic E-state index is 0.402. The lowest BCUT2D eigenvalue weighted by atomic mass is 9.98. The predicted molar refractivity (Wildman–Crippen MR) is 92.6 cm³/mol. The smallest absolute Gasteiger partial charge is 0.0291 e. The van der Waals surface area contributed by atoms with Crippen molar-refractivity contribution >= 4 is 0 Å². The summed E-state index contributed by atoms with van der Waals surface area (Å²) in [5.41, 5.74) is 5.40. The van der Waals surface area contributed by atoms with Gasteiger partial charge in [-0.25, -0.2) is 0 Å². The summed E-state index contributed by atoms with van der Waals surface area (Å²) in [5, 5.41) is 3.47. The van der Waals surface area contributed by atoms with Crippen LogP contribution in [0.3, 0.4) is 0 Å². The zero-order valence-electron chi connectivity index (χ0n) is 13.5. The molecule has 0 spiro atoms. The molecule has 2 rings (SSSR count). The largest absolute Gasteiger partial charge is 0.310 e. The first kappa shape index (κ1) is 15.8. The number of unbranched alkanes of at least 4 members (excludes halogenated alkanes) is 1. The van der Waals surface area contributed by atoms with Crippen molar-refractivity contribution in [2.24, 2.45) is 0 Å². The van der Waals surface area contributed by atoms with Crippen LogP contribution in [-0.2, 0) is 6.42 Å². The van der Waals surface area contributed by atoms with Crippen LogP contribution >= 0.6 is 0 Å². The lowest BCUT2D eigenvalue weighted by molar-refractivity contribution is 0.598.